The molecule has 0 unspecified atom stereocenters. The van der Waals surface area contributed by atoms with Crippen LogP contribution in [0.4, 0.5) is 16.2 Å². The fourth-order valence-corrected chi connectivity index (χ4v) is 3.56. The number of carbonyl (C=O) groups excluding carboxylic acids is 2. The molecule has 1 aliphatic heterocycles. The second-order valence-corrected chi connectivity index (χ2v) is 6.41. The molecule has 3 rings (SSSR count). The number of fused-ring (bicyclic) bond motifs is 1. The largest absolute Gasteiger partial charge is 0.465 e. The van der Waals surface area contributed by atoms with Crippen LogP contribution in [0.25, 0.3) is 0 Å². The van der Waals surface area contributed by atoms with Crippen molar-refractivity contribution in [3.63, 3.8) is 0 Å². The van der Waals surface area contributed by atoms with Crippen molar-refractivity contribution >= 4 is 34.7 Å². The third-order valence-electron chi connectivity index (χ3n) is 3.70. The van der Waals surface area contributed by atoms with Crippen molar-refractivity contribution in [1.82, 2.24) is 4.90 Å². The summed E-state index contributed by atoms with van der Waals surface area (Å²) < 4.78 is 4.75. The van der Waals surface area contributed by atoms with Crippen molar-refractivity contribution in [3.05, 3.63) is 45.6 Å². The smallest absolute Gasteiger partial charge is 0.348 e. The summed E-state index contributed by atoms with van der Waals surface area (Å²) >= 11 is 1.44. The molecule has 0 fully saturated rings. The molecule has 3 N–H and O–H groups in total. The molecule has 0 atom stereocenters. The first-order chi connectivity index (χ1) is 11.1. The average Bonchev–Trinajstić information content (AvgIpc) is 2.99. The van der Waals surface area contributed by atoms with Crippen LogP contribution in [0.2, 0.25) is 0 Å². The summed E-state index contributed by atoms with van der Waals surface area (Å²) in [7, 11) is 1.37. The second-order valence-electron chi connectivity index (χ2n) is 5.27. The van der Waals surface area contributed by atoms with Gasteiger partial charge in [-0.05, 0) is 42.3 Å². The standard InChI is InChI=1S/C16H17N3O3S/c1-22-15(20)14-8-10-9-19(7-6-13(10)23-14)16(21)18-12-4-2-11(17)3-5-12/h2-5,8H,6-7,9,17H2,1H3,(H,18,21). The van der Waals surface area contributed by atoms with Crippen molar-refractivity contribution in [2.24, 2.45) is 0 Å². The summed E-state index contributed by atoms with van der Waals surface area (Å²) in [6.07, 6.45) is 0.742. The number of urea groups is 1. The van der Waals surface area contributed by atoms with Crippen LogP contribution in [-0.2, 0) is 17.7 Å². The lowest BCUT2D eigenvalue weighted by atomic mass is 10.1. The fraction of sp³-hybridized carbons (Fsp3) is 0.250. The molecule has 0 radical (unpaired) electrons. The minimum atomic E-state index is -0.331. The number of anilines is 2. The molecule has 6 nitrogen and oxygen atoms in total. The van der Waals surface area contributed by atoms with Crippen LogP contribution in [0.3, 0.4) is 0 Å². The van der Waals surface area contributed by atoms with Gasteiger partial charge in [0.15, 0.2) is 0 Å². The number of benzene rings is 1. The molecule has 0 aliphatic carbocycles. The number of esters is 1. The van der Waals surface area contributed by atoms with Crippen LogP contribution < -0.4 is 11.1 Å². The summed E-state index contributed by atoms with van der Waals surface area (Å²) in [5, 5.41) is 2.85. The molecular weight excluding hydrogens is 314 g/mol. The number of thiophene rings is 1. The topological polar surface area (TPSA) is 84.7 Å². The van der Waals surface area contributed by atoms with E-state index >= 15 is 0 Å². The van der Waals surface area contributed by atoms with Gasteiger partial charge in [-0.1, -0.05) is 0 Å². The van der Waals surface area contributed by atoms with E-state index in [-0.39, 0.29) is 12.0 Å². The summed E-state index contributed by atoms with van der Waals surface area (Å²) in [5.41, 5.74) is 8.00. The van der Waals surface area contributed by atoms with Gasteiger partial charge in [-0.15, -0.1) is 11.3 Å². The van der Waals surface area contributed by atoms with Crippen molar-refractivity contribution in [1.29, 1.82) is 0 Å². The number of nitrogens with zero attached hydrogens (tertiary/aromatic N) is 1. The van der Waals surface area contributed by atoms with Gasteiger partial charge in [0.05, 0.1) is 7.11 Å². The van der Waals surface area contributed by atoms with Gasteiger partial charge in [-0.25, -0.2) is 9.59 Å². The normalized spacial score (nSPS) is 13.3. The predicted molar refractivity (Wildman–Crippen MR) is 89.6 cm³/mol. The predicted octanol–water partition coefficient (Wildman–Crippen LogP) is 2.71. The van der Waals surface area contributed by atoms with Gasteiger partial charge in [0.2, 0.25) is 0 Å². The number of rotatable bonds is 2. The molecule has 2 heterocycles. The molecule has 1 aromatic heterocycles. The first-order valence-corrected chi connectivity index (χ1v) is 8.00. The van der Waals surface area contributed by atoms with Gasteiger partial charge in [-0.2, -0.15) is 0 Å². The number of amides is 2. The second kappa shape index (κ2) is 6.29. The molecule has 1 aliphatic rings. The van der Waals surface area contributed by atoms with Gasteiger partial charge >= 0.3 is 12.0 Å². The monoisotopic (exact) mass is 331 g/mol. The molecule has 23 heavy (non-hydrogen) atoms. The Kier molecular flexibility index (Phi) is 4.20. The maximum atomic E-state index is 12.4. The Balaban J connectivity index is 1.68. The zero-order valence-electron chi connectivity index (χ0n) is 12.7. The first-order valence-electron chi connectivity index (χ1n) is 7.18. The van der Waals surface area contributed by atoms with Crippen LogP contribution in [0.15, 0.2) is 30.3 Å². The Bertz CT molecular complexity index is 740. The highest BCUT2D eigenvalue weighted by molar-refractivity contribution is 7.14. The average molecular weight is 331 g/mol. The van der Waals surface area contributed by atoms with Crippen LogP contribution >= 0.6 is 11.3 Å². The van der Waals surface area contributed by atoms with E-state index in [4.69, 9.17) is 10.5 Å². The molecule has 0 saturated carbocycles. The van der Waals surface area contributed by atoms with E-state index in [1.165, 1.54) is 18.4 Å². The molecule has 2 aromatic rings. The number of hydrogen-bond donors (Lipinski definition) is 2. The number of nitrogen functional groups attached to an aromatic ring is 1. The maximum Gasteiger partial charge on any atom is 0.348 e. The summed E-state index contributed by atoms with van der Waals surface area (Å²) in [6.45, 7) is 1.11. The summed E-state index contributed by atoms with van der Waals surface area (Å²) in [5.74, 6) is -0.331. The van der Waals surface area contributed by atoms with E-state index < -0.39 is 0 Å². The molecular formula is C16H17N3O3S. The van der Waals surface area contributed by atoms with E-state index in [1.54, 1.807) is 29.2 Å². The minimum absolute atomic E-state index is 0.161. The van der Waals surface area contributed by atoms with E-state index in [1.807, 2.05) is 6.07 Å². The highest BCUT2D eigenvalue weighted by Crippen LogP contribution is 2.29. The van der Waals surface area contributed by atoms with Gasteiger partial charge in [0, 0.05) is 29.3 Å². The number of hydrogen-bond acceptors (Lipinski definition) is 5. The van der Waals surface area contributed by atoms with Crippen molar-refractivity contribution < 1.29 is 14.3 Å². The number of carbonyl (C=O) groups is 2. The molecule has 120 valence electrons. The lowest BCUT2D eigenvalue weighted by Gasteiger charge is -2.27. The quantitative estimate of drug-likeness (QED) is 0.654. The van der Waals surface area contributed by atoms with Crippen LogP contribution in [0.5, 0.6) is 0 Å². The molecule has 1 aromatic carbocycles. The van der Waals surface area contributed by atoms with Crippen molar-refractivity contribution in [2.45, 2.75) is 13.0 Å². The van der Waals surface area contributed by atoms with Crippen LogP contribution in [-0.4, -0.2) is 30.6 Å². The van der Waals surface area contributed by atoms with E-state index in [2.05, 4.69) is 5.32 Å². The number of nitrogens with two attached hydrogens (primary N) is 1. The summed E-state index contributed by atoms with van der Waals surface area (Å²) in [4.78, 5) is 27.4. The molecule has 0 saturated heterocycles. The molecule has 0 spiro atoms. The Hall–Kier alpha value is -2.54. The minimum Gasteiger partial charge on any atom is -0.465 e. The van der Waals surface area contributed by atoms with E-state index in [9.17, 15) is 9.59 Å². The zero-order valence-corrected chi connectivity index (χ0v) is 13.5. The van der Waals surface area contributed by atoms with E-state index in [0.29, 0.717) is 29.3 Å². The zero-order chi connectivity index (χ0) is 16.4. The first kappa shape index (κ1) is 15.4. The third-order valence-corrected chi connectivity index (χ3v) is 4.92. The number of ether oxygens (including phenoxy) is 1. The van der Waals surface area contributed by atoms with Gasteiger partial charge in [0.1, 0.15) is 4.88 Å². The SMILES string of the molecule is COC(=O)c1cc2c(s1)CCN(C(=O)Nc1ccc(N)cc1)C2. The Labute approximate surface area is 137 Å². The number of methoxy groups -OCH3 is 1. The van der Waals surface area contributed by atoms with Crippen LogP contribution in [0.1, 0.15) is 20.1 Å². The van der Waals surface area contributed by atoms with E-state index in [0.717, 1.165) is 16.9 Å². The lowest BCUT2D eigenvalue weighted by molar-refractivity contribution is 0.0606. The molecule has 2 amide bonds. The van der Waals surface area contributed by atoms with Crippen LogP contribution in [0, 0.1) is 0 Å². The Morgan fingerprint density at radius 1 is 1.30 bits per heavy atom. The molecule has 0 bridgehead atoms. The van der Waals surface area contributed by atoms with Gasteiger partial charge in [-0.3, -0.25) is 0 Å². The van der Waals surface area contributed by atoms with Crippen molar-refractivity contribution in [2.75, 3.05) is 24.7 Å². The lowest BCUT2D eigenvalue weighted by Crippen LogP contribution is -2.38. The van der Waals surface area contributed by atoms with Gasteiger partial charge < -0.3 is 20.7 Å². The Morgan fingerprint density at radius 2 is 2.04 bits per heavy atom. The number of nitrogens with one attached hydrogen (secondary N) is 1. The fourth-order valence-electron chi connectivity index (χ4n) is 2.48. The van der Waals surface area contributed by atoms with Crippen molar-refractivity contribution in [3.8, 4) is 0 Å². The maximum absolute atomic E-state index is 12.4. The molecule has 7 heteroatoms. The third kappa shape index (κ3) is 3.29. The highest BCUT2D eigenvalue weighted by atomic mass is 32.1. The Morgan fingerprint density at radius 3 is 2.74 bits per heavy atom. The van der Waals surface area contributed by atoms with Gasteiger partial charge in [0.25, 0.3) is 0 Å². The summed E-state index contributed by atoms with van der Waals surface area (Å²) in [6, 6.07) is 8.67. The highest BCUT2D eigenvalue weighted by Gasteiger charge is 2.24.